The number of hydrogen-bond donors (Lipinski definition) is 4. The zero-order chi connectivity index (χ0) is 35.6. The number of fused-ring (bicyclic) bond motifs is 1. The van der Waals surface area contributed by atoms with Gasteiger partial charge in [0.2, 0.25) is 5.91 Å². The molecule has 2 amide bonds. The molecule has 11 nitrogen and oxygen atoms in total. The molecule has 0 spiro atoms. The Balaban J connectivity index is 1.27. The number of ether oxygens (including phenoxy) is 3. The zero-order valence-electron chi connectivity index (χ0n) is 29.8. The lowest BCUT2D eigenvalue weighted by Crippen LogP contribution is -2.56. The molecule has 0 radical (unpaired) electrons. The van der Waals surface area contributed by atoms with E-state index in [0.29, 0.717) is 31.9 Å². The van der Waals surface area contributed by atoms with E-state index in [4.69, 9.17) is 19.2 Å². The average molecular weight is 708 g/mol. The molecular weight excluding hydrogens is 655 g/mol. The Morgan fingerprint density at radius 1 is 1.00 bits per heavy atom. The van der Waals surface area contributed by atoms with Gasteiger partial charge in [0, 0.05) is 24.4 Å². The first-order valence-corrected chi connectivity index (χ1v) is 18.6. The molecule has 272 valence electrons. The summed E-state index contributed by atoms with van der Waals surface area (Å²) < 4.78 is 17.0. The Hall–Kier alpha value is -3.39. The number of hydrogen-bond acceptors (Lipinski definition) is 10. The smallest absolute Gasteiger partial charge is 0.407 e. The number of amides is 2. The minimum atomic E-state index is -0.993. The molecule has 2 aliphatic rings. The van der Waals surface area contributed by atoms with Crippen LogP contribution in [0.2, 0.25) is 0 Å². The second kappa shape index (κ2) is 18.2. The van der Waals surface area contributed by atoms with Gasteiger partial charge in [-0.3, -0.25) is 4.79 Å². The van der Waals surface area contributed by atoms with Crippen LogP contribution >= 0.6 is 11.3 Å². The van der Waals surface area contributed by atoms with Gasteiger partial charge in [0.25, 0.3) is 0 Å². The Labute approximate surface area is 300 Å². The van der Waals surface area contributed by atoms with Crippen LogP contribution in [0.15, 0.2) is 66.0 Å². The number of thiazole rings is 1. The first-order chi connectivity index (χ1) is 24.0. The number of hydrazine groups is 1. The number of aromatic nitrogens is 1. The first-order valence-electron chi connectivity index (χ1n) is 17.7. The molecule has 3 aromatic rings. The molecule has 7 atom stereocenters. The number of carbonyl (C=O) groups is 2. The zero-order valence-corrected chi connectivity index (χ0v) is 30.6. The third-order valence-electron chi connectivity index (χ3n) is 9.28. The van der Waals surface area contributed by atoms with Crippen LogP contribution < -0.4 is 16.1 Å². The standard InChI is InChI=1S/C38H53N5O6S/c1-24(2)34(42-43(5)21-29-23-50-36(40-29)25(3)4)35(45)39-28(18-26-12-8-6-9-13-26)20-32(44)31(19-27-14-10-7-11-15-27)41-38(46)49-33-22-48-37-30(33)16-17-47-37/h6-15,23-25,28,30-34,37,42,44H,16-22H2,1-5H3,(H,39,45)(H,41,46)/t28-,30?,31-,32-,33+,34-,37?/m0/s1. The number of rotatable bonds is 17. The molecule has 2 aliphatic heterocycles. The van der Waals surface area contributed by atoms with Crippen LogP contribution in [0.4, 0.5) is 4.79 Å². The number of alkyl carbamates (subject to hydrolysis) is 1. The van der Waals surface area contributed by atoms with Crippen LogP contribution in [-0.4, -0.2) is 84.0 Å². The van der Waals surface area contributed by atoms with E-state index in [-0.39, 0.29) is 37.1 Å². The summed E-state index contributed by atoms with van der Waals surface area (Å²) in [5.41, 5.74) is 6.33. The number of nitrogens with zero attached hydrogens (tertiary/aromatic N) is 2. The quantitative estimate of drug-likeness (QED) is 0.146. The monoisotopic (exact) mass is 707 g/mol. The fourth-order valence-corrected chi connectivity index (χ4v) is 7.38. The van der Waals surface area contributed by atoms with Crippen LogP contribution in [0, 0.1) is 11.8 Å². The molecule has 1 aromatic heterocycles. The normalized spacial score (nSPS) is 21.2. The van der Waals surface area contributed by atoms with Gasteiger partial charge < -0.3 is 30.0 Å². The van der Waals surface area contributed by atoms with Crippen LogP contribution in [0.3, 0.4) is 0 Å². The average Bonchev–Trinajstić information content (AvgIpc) is 3.83. The molecule has 0 bridgehead atoms. The number of benzene rings is 2. The molecule has 5 rings (SSSR count). The minimum Gasteiger partial charge on any atom is -0.443 e. The molecule has 2 unspecified atom stereocenters. The topological polar surface area (TPSA) is 134 Å². The van der Waals surface area contributed by atoms with Crippen LogP contribution in [0.5, 0.6) is 0 Å². The molecule has 2 saturated heterocycles. The van der Waals surface area contributed by atoms with Crippen LogP contribution in [-0.2, 0) is 38.4 Å². The van der Waals surface area contributed by atoms with E-state index in [9.17, 15) is 14.7 Å². The predicted molar refractivity (Wildman–Crippen MR) is 193 cm³/mol. The molecule has 50 heavy (non-hydrogen) atoms. The summed E-state index contributed by atoms with van der Waals surface area (Å²) in [5.74, 6) is 0.183. The highest BCUT2D eigenvalue weighted by molar-refractivity contribution is 7.09. The summed E-state index contributed by atoms with van der Waals surface area (Å²) in [6, 6.07) is 18.0. The molecule has 2 fully saturated rings. The van der Waals surface area contributed by atoms with Crippen molar-refractivity contribution in [2.24, 2.45) is 11.8 Å². The Kier molecular flexibility index (Phi) is 13.8. The van der Waals surface area contributed by atoms with Gasteiger partial charge in [0.15, 0.2) is 6.29 Å². The largest absolute Gasteiger partial charge is 0.443 e. The summed E-state index contributed by atoms with van der Waals surface area (Å²) in [4.78, 5) is 32.0. The van der Waals surface area contributed by atoms with Crippen molar-refractivity contribution in [3.63, 3.8) is 0 Å². The van der Waals surface area contributed by atoms with E-state index in [1.807, 2.05) is 86.6 Å². The molecule has 3 heterocycles. The lowest BCUT2D eigenvalue weighted by Gasteiger charge is -2.31. The van der Waals surface area contributed by atoms with E-state index < -0.39 is 36.4 Å². The summed E-state index contributed by atoms with van der Waals surface area (Å²) in [6.45, 7) is 9.68. The van der Waals surface area contributed by atoms with E-state index in [0.717, 1.165) is 28.2 Å². The lowest BCUT2D eigenvalue weighted by atomic mass is 9.93. The van der Waals surface area contributed by atoms with Crippen molar-refractivity contribution < 1.29 is 28.9 Å². The fraction of sp³-hybridized carbons (Fsp3) is 0.553. The maximum Gasteiger partial charge on any atom is 0.407 e. The van der Waals surface area contributed by atoms with E-state index >= 15 is 0 Å². The lowest BCUT2D eigenvalue weighted by molar-refractivity contribution is -0.126. The molecule has 0 aliphatic carbocycles. The van der Waals surface area contributed by atoms with Gasteiger partial charge in [-0.2, -0.15) is 0 Å². The van der Waals surface area contributed by atoms with Crippen molar-refractivity contribution in [3.05, 3.63) is 87.9 Å². The summed E-state index contributed by atoms with van der Waals surface area (Å²) in [6.07, 6.45) is -0.480. The highest BCUT2D eigenvalue weighted by atomic mass is 32.1. The van der Waals surface area contributed by atoms with Crippen molar-refractivity contribution in [2.75, 3.05) is 20.3 Å². The Morgan fingerprint density at radius 2 is 1.68 bits per heavy atom. The molecule has 0 saturated carbocycles. The van der Waals surface area contributed by atoms with Crippen molar-refractivity contribution >= 4 is 23.3 Å². The van der Waals surface area contributed by atoms with Crippen molar-refractivity contribution in [1.29, 1.82) is 0 Å². The van der Waals surface area contributed by atoms with Gasteiger partial charge in [-0.25, -0.2) is 20.2 Å². The number of aliphatic hydroxyl groups is 1. The maximum atomic E-state index is 14.0. The predicted octanol–water partition coefficient (Wildman–Crippen LogP) is 4.80. The van der Waals surface area contributed by atoms with Crippen molar-refractivity contribution in [3.8, 4) is 0 Å². The number of nitrogens with one attached hydrogen (secondary N) is 3. The van der Waals surface area contributed by atoms with E-state index in [2.05, 4.69) is 35.3 Å². The second-order valence-electron chi connectivity index (χ2n) is 14.1. The highest BCUT2D eigenvalue weighted by Gasteiger charge is 2.44. The Morgan fingerprint density at radius 3 is 2.32 bits per heavy atom. The third kappa shape index (κ3) is 10.8. The minimum absolute atomic E-state index is 0.00397. The highest BCUT2D eigenvalue weighted by Crippen LogP contribution is 2.33. The van der Waals surface area contributed by atoms with Crippen LogP contribution in [0.25, 0.3) is 0 Å². The number of carbonyl (C=O) groups excluding carboxylic acids is 2. The van der Waals surface area contributed by atoms with Gasteiger partial charge >= 0.3 is 6.09 Å². The summed E-state index contributed by atoms with van der Waals surface area (Å²) in [7, 11) is 1.92. The summed E-state index contributed by atoms with van der Waals surface area (Å²) >= 11 is 1.65. The van der Waals surface area contributed by atoms with Gasteiger partial charge in [0.1, 0.15) is 12.1 Å². The van der Waals surface area contributed by atoms with Crippen molar-refractivity contribution in [1.82, 2.24) is 26.1 Å². The second-order valence-corrected chi connectivity index (χ2v) is 15.0. The van der Waals surface area contributed by atoms with Crippen molar-refractivity contribution in [2.45, 2.75) is 102 Å². The van der Waals surface area contributed by atoms with Gasteiger partial charge in [-0.15, -0.1) is 11.3 Å². The Bertz CT molecular complexity index is 1490. The SMILES string of the molecule is CC(C)c1nc(CN(C)N[C@H](C(=O)N[C@@H](Cc2ccccc2)C[C@H](O)[C@H](Cc2ccccc2)NC(=O)O[C@@H]2COC3OCCC32)C(C)C)cs1. The molecule has 12 heteroatoms. The summed E-state index contributed by atoms with van der Waals surface area (Å²) in [5, 5.41) is 23.0. The van der Waals surface area contributed by atoms with E-state index in [1.54, 1.807) is 11.3 Å². The van der Waals surface area contributed by atoms with Crippen LogP contribution in [0.1, 0.15) is 68.3 Å². The molecule has 2 aromatic carbocycles. The van der Waals surface area contributed by atoms with Gasteiger partial charge in [0.05, 0.1) is 48.5 Å². The number of aliphatic hydroxyl groups excluding tert-OH is 1. The third-order valence-corrected chi connectivity index (χ3v) is 10.5. The van der Waals surface area contributed by atoms with E-state index in [1.165, 1.54) is 0 Å². The maximum absolute atomic E-state index is 14.0. The van der Waals surface area contributed by atoms with Gasteiger partial charge in [-0.1, -0.05) is 88.4 Å². The first kappa shape index (κ1) is 37.9. The fourth-order valence-electron chi connectivity index (χ4n) is 6.56. The van der Waals surface area contributed by atoms with Gasteiger partial charge in [-0.05, 0) is 42.7 Å². The molecular formula is C38H53N5O6S. The molecule has 4 N–H and O–H groups in total.